The monoisotopic (exact) mass is 258 g/mol. The summed E-state index contributed by atoms with van der Waals surface area (Å²) in [5.74, 6) is -4.01. The second-order valence-corrected chi connectivity index (χ2v) is 5.95. The molecule has 1 saturated carbocycles. The van der Waals surface area contributed by atoms with E-state index in [-0.39, 0.29) is 11.0 Å². The van der Waals surface area contributed by atoms with Crippen LogP contribution in [0.15, 0.2) is 12.1 Å². The van der Waals surface area contributed by atoms with Gasteiger partial charge in [-0.2, -0.15) is 0 Å². The minimum atomic E-state index is -1.51. The van der Waals surface area contributed by atoms with Crippen LogP contribution >= 0.6 is 0 Å². The molecule has 1 fully saturated rings. The van der Waals surface area contributed by atoms with Gasteiger partial charge in [-0.15, -0.1) is 0 Å². The Kier molecular flexibility index (Phi) is 3.18. The summed E-state index contributed by atoms with van der Waals surface area (Å²) < 4.78 is 39.9. The van der Waals surface area contributed by atoms with E-state index in [1.807, 2.05) is 13.8 Å². The zero-order valence-corrected chi connectivity index (χ0v) is 10.6. The maximum atomic E-state index is 13.8. The van der Waals surface area contributed by atoms with Gasteiger partial charge in [-0.1, -0.05) is 19.9 Å². The molecule has 0 heterocycles. The molecule has 2 rings (SSSR count). The van der Waals surface area contributed by atoms with E-state index in [1.54, 1.807) is 0 Å². The average Bonchev–Trinajstić information content (AvgIpc) is 2.23. The Morgan fingerprint density at radius 3 is 2.33 bits per heavy atom. The SMILES string of the molecule is CC1(C)CCCC(O)(c2ccc(F)c(F)c2F)C1. The van der Waals surface area contributed by atoms with Crippen LogP contribution in [0.2, 0.25) is 0 Å². The molecule has 0 spiro atoms. The van der Waals surface area contributed by atoms with Gasteiger partial charge < -0.3 is 5.11 Å². The minimum Gasteiger partial charge on any atom is -0.385 e. The van der Waals surface area contributed by atoms with Crippen molar-refractivity contribution < 1.29 is 18.3 Å². The largest absolute Gasteiger partial charge is 0.385 e. The van der Waals surface area contributed by atoms with E-state index < -0.39 is 23.1 Å². The highest BCUT2D eigenvalue weighted by molar-refractivity contribution is 5.27. The average molecular weight is 258 g/mol. The maximum Gasteiger partial charge on any atom is 0.194 e. The lowest BCUT2D eigenvalue weighted by atomic mass is 9.67. The summed E-state index contributed by atoms with van der Waals surface area (Å²) in [6.07, 6.45) is 2.39. The molecule has 0 aromatic heterocycles. The minimum absolute atomic E-state index is 0.130. The highest BCUT2D eigenvalue weighted by Crippen LogP contribution is 2.47. The molecular formula is C14H17F3O. The highest BCUT2D eigenvalue weighted by atomic mass is 19.2. The fourth-order valence-corrected chi connectivity index (χ4v) is 2.94. The summed E-state index contributed by atoms with van der Waals surface area (Å²) in [4.78, 5) is 0. The van der Waals surface area contributed by atoms with Crippen molar-refractivity contribution in [2.75, 3.05) is 0 Å². The van der Waals surface area contributed by atoms with E-state index in [2.05, 4.69) is 0 Å². The van der Waals surface area contributed by atoms with Crippen molar-refractivity contribution in [3.05, 3.63) is 35.1 Å². The van der Waals surface area contributed by atoms with Crippen LogP contribution in [-0.2, 0) is 5.60 Å². The van der Waals surface area contributed by atoms with Crippen molar-refractivity contribution in [1.29, 1.82) is 0 Å². The molecule has 100 valence electrons. The van der Waals surface area contributed by atoms with Crippen molar-refractivity contribution in [3.63, 3.8) is 0 Å². The van der Waals surface area contributed by atoms with Gasteiger partial charge in [0.1, 0.15) is 0 Å². The van der Waals surface area contributed by atoms with Crippen LogP contribution < -0.4 is 0 Å². The predicted molar refractivity (Wildman–Crippen MR) is 62.5 cm³/mol. The van der Waals surface area contributed by atoms with E-state index in [0.717, 1.165) is 25.0 Å². The second-order valence-electron chi connectivity index (χ2n) is 5.95. The van der Waals surface area contributed by atoms with Gasteiger partial charge in [0.05, 0.1) is 5.60 Å². The molecular weight excluding hydrogens is 241 g/mol. The summed E-state index contributed by atoms with van der Waals surface area (Å²) >= 11 is 0. The fraction of sp³-hybridized carbons (Fsp3) is 0.571. The summed E-state index contributed by atoms with van der Waals surface area (Å²) in [7, 11) is 0. The molecule has 1 unspecified atom stereocenters. The lowest BCUT2D eigenvalue weighted by molar-refractivity contribution is -0.0469. The zero-order valence-electron chi connectivity index (χ0n) is 10.6. The van der Waals surface area contributed by atoms with Crippen molar-refractivity contribution in [1.82, 2.24) is 0 Å². The first-order valence-corrected chi connectivity index (χ1v) is 6.12. The highest BCUT2D eigenvalue weighted by Gasteiger charge is 2.42. The van der Waals surface area contributed by atoms with Crippen molar-refractivity contribution in [2.24, 2.45) is 5.41 Å². The van der Waals surface area contributed by atoms with Gasteiger partial charge in [0.2, 0.25) is 0 Å². The van der Waals surface area contributed by atoms with Gasteiger partial charge in [0, 0.05) is 5.56 Å². The molecule has 18 heavy (non-hydrogen) atoms. The van der Waals surface area contributed by atoms with E-state index in [0.29, 0.717) is 12.8 Å². The van der Waals surface area contributed by atoms with Crippen LogP contribution in [-0.4, -0.2) is 5.11 Å². The standard InChI is InChI=1S/C14H17F3O/c1-13(2)6-3-7-14(18,8-13)9-4-5-10(15)12(17)11(9)16/h4-5,18H,3,6-8H2,1-2H3. The van der Waals surface area contributed by atoms with Gasteiger partial charge in [0.15, 0.2) is 17.5 Å². The first-order chi connectivity index (χ1) is 8.25. The van der Waals surface area contributed by atoms with Crippen LogP contribution in [0.25, 0.3) is 0 Å². The van der Waals surface area contributed by atoms with Gasteiger partial charge >= 0.3 is 0 Å². The lowest BCUT2D eigenvalue weighted by Crippen LogP contribution is -2.37. The molecule has 1 nitrogen and oxygen atoms in total. The van der Waals surface area contributed by atoms with Gasteiger partial charge in [0.25, 0.3) is 0 Å². The molecule has 0 aliphatic heterocycles. The number of hydrogen-bond acceptors (Lipinski definition) is 1. The molecule has 0 bridgehead atoms. The number of rotatable bonds is 1. The van der Waals surface area contributed by atoms with Crippen molar-refractivity contribution >= 4 is 0 Å². The van der Waals surface area contributed by atoms with E-state index >= 15 is 0 Å². The second kappa shape index (κ2) is 4.26. The Morgan fingerprint density at radius 1 is 1.06 bits per heavy atom. The molecule has 1 aliphatic carbocycles. The van der Waals surface area contributed by atoms with Gasteiger partial charge in [-0.05, 0) is 37.2 Å². The number of hydrogen-bond donors (Lipinski definition) is 1. The normalized spacial score (nSPS) is 27.2. The smallest absolute Gasteiger partial charge is 0.194 e. The third-order valence-corrected chi connectivity index (χ3v) is 3.75. The molecule has 1 aliphatic rings. The maximum absolute atomic E-state index is 13.8. The number of halogens is 3. The third-order valence-electron chi connectivity index (χ3n) is 3.75. The quantitative estimate of drug-likeness (QED) is 0.758. The molecule has 0 amide bonds. The first-order valence-electron chi connectivity index (χ1n) is 6.12. The molecule has 0 saturated heterocycles. The van der Waals surface area contributed by atoms with Crippen LogP contribution in [0.4, 0.5) is 13.2 Å². The van der Waals surface area contributed by atoms with Crippen LogP contribution in [0.3, 0.4) is 0 Å². The Bertz CT molecular complexity index is 470. The number of aliphatic hydroxyl groups is 1. The van der Waals surface area contributed by atoms with Gasteiger partial charge in [-0.25, -0.2) is 13.2 Å². The van der Waals surface area contributed by atoms with E-state index in [1.165, 1.54) is 0 Å². The molecule has 4 heteroatoms. The fourth-order valence-electron chi connectivity index (χ4n) is 2.94. The van der Waals surface area contributed by atoms with Crippen LogP contribution in [0.5, 0.6) is 0 Å². The van der Waals surface area contributed by atoms with E-state index in [9.17, 15) is 18.3 Å². The zero-order chi connectivity index (χ0) is 13.6. The molecule has 1 atom stereocenters. The topological polar surface area (TPSA) is 20.2 Å². The number of benzene rings is 1. The van der Waals surface area contributed by atoms with Crippen molar-refractivity contribution in [2.45, 2.75) is 45.1 Å². The van der Waals surface area contributed by atoms with Crippen LogP contribution in [0, 0.1) is 22.9 Å². The predicted octanol–water partition coefficient (Wildman–Crippen LogP) is 3.89. The summed E-state index contributed by atoms with van der Waals surface area (Å²) in [5, 5.41) is 10.5. The van der Waals surface area contributed by atoms with E-state index in [4.69, 9.17) is 0 Å². The van der Waals surface area contributed by atoms with Gasteiger partial charge in [-0.3, -0.25) is 0 Å². The first kappa shape index (κ1) is 13.4. The summed E-state index contributed by atoms with van der Waals surface area (Å²) in [6.45, 7) is 3.96. The molecule has 1 N–H and O–H groups in total. The Hall–Kier alpha value is -1.03. The Balaban J connectivity index is 2.44. The lowest BCUT2D eigenvalue weighted by Gasteiger charge is -2.42. The van der Waals surface area contributed by atoms with Crippen molar-refractivity contribution in [3.8, 4) is 0 Å². The summed E-state index contributed by atoms with van der Waals surface area (Å²) in [6, 6.07) is 2.02. The summed E-state index contributed by atoms with van der Waals surface area (Å²) in [5.41, 5.74) is -1.67. The van der Waals surface area contributed by atoms with Crippen LogP contribution in [0.1, 0.15) is 45.1 Å². The molecule has 1 aromatic carbocycles. The Morgan fingerprint density at radius 2 is 1.72 bits per heavy atom. The molecule has 0 radical (unpaired) electrons. The molecule has 1 aromatic rings. The third kappa shape index (κ3) is 2.26. The Labute approximate surface area is 105 Å².